The van der Waals surface area contributed by atoms with Gasteiger partial charge in [-0.2, -0.15) is 0 Å². The number of rotatable bonds is 5. The van der Waals surface area contributed by atoms with Crippen molar-refractivity contribution >= 4 is 17.1 Å². The van der Waals surface area contributed by atoms with E-state index in [1.807, 2.05) is 60.4 Å². The van der Waals surface area contributed by atoms with Crippen LogP contribution in [0.2, 0.25) is 0 Å². The Kier molecular flexibility index (Phi) is 5.83. The van der Waals surface area contributed by atoms with E-state index in [1.165, 1.54) is 0 Å². The molecule has 0 radical (unpaired) electrons. The molecular formula is C25H26N6O3. The number of carbonyl (C=O) groups excluding carboxylic acids is 1. The molecule has 1 aliphatic rings. The zero-order valence-corrected chi connectivity index (χ0v) is 19.2. The SMILES string of the molecule is COc1cccc(Cn2nnc3c(=O)[nH]c([C@H]4CCCN(C(=O)c5ccc(C)cc5)C4)nc32)c1. The number of aromatic nitrogens is 5. The highest BCUT2D eigenvalue weighted by Gasteiger charge is 2.28. The summed E-state index contributed by atoms with van der Waals surface area (Å²) in [5.74, 6) is 1.24. The minimum Gasteiger partial charge on any atom is -0.497 e. The Bertz CT molecular complexity index is 1390. The Hall–Kier alpha value is -4.01. The molecule has 0 unspecified atom stereocenters. The molecule has 1 aliphatic heterocycles. The van der Waals surface area contributed by atoms with Gasteiger partial charge in [0.25, 0.3) is 11.5 Å². The third-order valence-corrected chi connectivity index (χ3v) is 6.25. The summed E-state index contributed by atoms with van der Waals surface area (Å²) in [7, 11) is 1.62. The minimum absolute atomic E-state index is 0.00198. The highest BCUT2D eigenvalue weighted by Crippen LogP contribution is 2.26. The van der Waals surface area contributed by atoms with E-state index < -0.39 is 0 Å². The molecule has 1 amide bonds. The molecule has 34 heavy (non-hydrogen) atoms. The predicted octanol–water partition coefficient (Wildman–Crippen LogP) is 2.90. The Labute approximate surface area is 196 Å². The number of H-pyrrole nitrogens is 1. The van der Waals surface area contributed by atoms with Gasteiger partial charge in [-0.05, 0) is 49.6 Å². The van der Waals surface area contributed by atoms with Crippen molar-refractivity contribution in [3.8, 4) is 5.75 Å². The van der Waals surface area contributed by atoms with Crippen LogP contribution in [-0.2, 0) is 6.54 Å². The third kappa shape index (κ3) is 4.28. The highest BCUT2D eigenvalue weighted by atomic mass is 16.5. The van der Waals surface area contributed by atoms with Gasteiger partial charge in [-0.3, -0.25) is 9.59 Å². The van der Waals surface area contributed by atoms with Crippen LogP contribution in [0.3, 0.4) is 0 Å². The molecule has 9 nitrogen and oxygen atoms in total. The molecular weight excluding hydrogens is 432 g/mol. The lowest BCUT2D eigenvalue weighted by atomic mass is 9.96. The number of hydrogen-bond acceptors (Lipinski definition) is 6. The molecule has 1 fully saturated rings. The first-order valence-corrected chi connectivity index (χ1v) is 11.3. The van der Waals surface area contributed by atoms with Gasteiger partial charge in [-0.15, -0.1) is 5.10 Å². The molecule has 174 valence electrons. The molecule has 0 bridgehead atoms. The number of ether oxygens (including phenoxy) is 1. The summed E-state index contributed by atoms with van der Waals surface area (Å²) >= 11 is 0. The molecule has 2 aromatic carbocycles. The Morgan fingerprint density at radius 2 is 2.03 bits per heavy atom. The molecule has 4 aromatic rings. The van der Waals surface area contributed by atoms with E-state index in [1.54, 1.807) is 11.8 Å². The van der Waals surface area contributed by atoms with Crippen LogP contribution in [0.1, 0.15) is 46.1 Å². The topological polar surface area (TPSA) is 106 Å². The maximum atomic E-state index is 13.0. The maximum Gasteiger partial charge on any atom is 0.281 e. The van der Waals surface area contributed by atoms with E-state index >= 15 is 0 Å². The predicted molar refractivity (Wildman–Crippen MR) is 127 cm³/mol. The number of methoxy groups -OCH3 is 1. The summed E-state index contributed by atoms with van der Waals surface area (Å²) in [5.41, 5.74) is 3.06. The number of aryl methyl sites for hydroxylation is 1. The van der Waals surface area contributed by atoms with Gasteiger partial charge in [0.05, 0.1) is 13.7 Å². The van der Waals surface area contributed by atoms with Crippen molar-refractivity contribution < 1.29 is 9.53 Å². The van der Waals surface area contributed by atoms with E-state index in [-0.39, 0.29) is 22.9 Å². The second-order valence-electron chi connectivity index (χ2n) is 8.68. The van der Waals surface area contributed by atoms with Crippen LogP contribution >= 0.6 is 0 Å². The summed E-state index contributed by atoms with van der Waals surface area (Å²) in [4.78, 5) is 35.3. The van der Waals surface area contributed by atoms with Crippen molar-refractivity contribution in [2.24, 2.45) is 0 Å². The van der Waals surface area contributed by atoms with Gasteiger partial charge < -0.3 is 14.6 Å². The molecule has 1 atom stereocenters. The number of nitrogens with one attached hydrogen (secondary N) is 1. The van der Waals surface area contributed by atoms with Crippen LogP contribution in [0.4, 0.5) is 0 Å². The normalized spacial score (nSPS) is 16.1. The smallest absolute Gasteiger partial charge is 0.281 e. The number of carbonyl (C=O) groups is 1. The number of fused-ring (bicyclic) bond motifs is 1. The van der Waals surface area contributed by atoms with E-state index in [0.29, 0.717) is 36.7 Å². The molecule has 1 saturated heterocycles. The van der Waals surface area contributed by atoms with Crippen LogP contribution in [-0.4, -0.2) is 56.0 Å². The average Bonchev–Trinajstić information content (AvgIpc) is 3.27. The first kappa shape index (κ1) is 21.8. The van der Waals surface area contributed by atoms with E-state index in [9.17, 15) is 9.59 Å². The Balaban J connectivity index is 1.41. The molecule has 0 saturated carbocycles. The number of benzene rings is 2. The highest BCUT2D eigenvalue weighted by molar-refractivity contribution is 5.94. The Morgan fingerprint density at radius 1 is 1.21 bits per heavy atom. The van der Waals surface area contributed by atoms with Crippen molar-refractivity contribution in [1.82, 2.24) is 29.9 Å². The average molecular weight is 459 g/mol. The first-order valence-electron chi connectivity index (χ1n) is 11.3. The fraction of sp³-hybridized carbons (Fsp3) is 0.320. The van der Waals surface area contributed by atoms with Gasteiger partial charge in [0.15, 0.2) is 11.2 Å². The molecule has 0 aliphatic carbocycles. The van der Waals surface area contributed by atoms with Crippen molar-refractivity contribution in [2.45, 2.75) is 32.2 Å². The molecule has 3 heterocycles. The monoisotopic (exact) mass is 458 g/mol. The van der Waals surface area contributed by atoms with Crippen LogP contribution in [0.5, 0.6) is 5.75 Å². The standard InChI is InChI=1S/C25H26N6O3/c1-16-8-10-18(11-9-16)25(33)30-12-4-6-19(15-30)22-26-23-21(24(32)27-22)28-29-31(23)14-17-5-3-7-20(13-17)34-2/h3,5,7-11,13,19H,4,6,12,14-15H2,1-2H3,(H,26,27,32)/t19-/m0/s1. The molecule has 5 rings (SSSR count). The Morgan fingerprint density at radius 3 is 2.82 bits per heavy atom. The summed E-state index contributed by atoms with van der Waals surface area (Å²) < 4.78 is 6.92. The lowest BCUT2D eigenvalue weighted by Gasteiger charge is -2.32. The zero-order chi connectivity index (χ0) is 23.7. The quantitative estimate of drug-likeness (QED) is 0.493. The summed E-state index contributed by atoms with van der Waals surface area (Å²) in [6.07, 6.45) is 1.68. The number of likely N-dealkylation sites (tertiary alicyclic amines) is 1. The van der Waals surface area contributed by atoms with Crippen molar-refractivity contribution in [3.63, 3.8) is 0 Å². The summed E-state index contributed by atoms with van der Waals surface area (Å²) in [5, 5.41) is 8.21. The summed E-state index contributed by atoms with van der Waals surface area (Å²) in [6.45, 7) is 3.59. The van der Waals surface area contributed by atoms with Crippen molar-refractivity contribution in [3.05, 3.63) is 81.4 Å². The number of aromatic amines is 1. The maximum absolute atomic E-state index is 13.0. The second kappa shape index (κ2) is 9.09. The van der Waals surface area contributed by atoms with Gasteiger partial charge in [0.2, 0.25) is 0 Å². The van der Waals surface area contributed by atoms with Crippen LogP contribution in [0.25, 0.3) is 11.2 Å². The van der Waals surface area contributed by atoms with E-state index in [4.69, 9.17) is 9.72 Å². The van der Waals surface area contributed by atoms with E-state index in [2.05, 4.69) is 15.3 Å². The van der Waals surface area contributed by atoms with Crippen LogP contribution in [0, 0.1) is 6.92 Å². The summed E-state index contributed by atoms with van der Waals surface area (Å²) in [6, 6.07) is 15.2. The van der Waals surface area contributed by atoms with E-state index in [0.717, 1.165) is 29.7 Å². The van der Waals surface area contributed by atoms with Gasteiger partial charge >= 0.3 is 0 Å². The van der Waals surface area contributed by atoms with Crippen LogP contribution in [0.15, 0.2) is 53.3 Å². The number of hydrogen-bond donors (Lipinski definition) is 1. The third-order valence-electron chi connectivity index (χ3n) is 6.25. The van der Waals surface area contributed by atoms with Crippen molar-refractivity contribution in [2.75, 3.05) is 20.2 Å². The van der Waals surface area contributed by atoms with Gasteiger partial charge in [-0.25, -0.2) is 9.67 Å². The van der Waals surface area contributed by atoms with Gasteiger partial charge in [0.1, 0.15) is 11.6 Å². The molecule has 1 N–H and O–H groups in total. The number of nitrogens with zero attached hydrogens (tertiary/aromatic N) is 5. The fourth-order valence-corrected chi connectivity index (χ4v) is 4.39. The number of amides is 1. The molecule has 2 aromatic heterocycles. The van der Waals surface area contributed by atoms with Gasteiger partial charge in [0, 0.05) is 24.6 Å². The largest absolute Gasteiger partial charge is 0.497 e. The van der Waals surface area contributed by atoms with Crippen molar-refractivity contribution in [1.29, 1.82) is 0 Å². The molecule has 0 spiro atoms. The fourth-order valence-electron chi connectivity index (χ4n) is 4.39. The van der Waals surface area contributed by atoms with Crippen LogP contribution < -0.4 is 10.3 Å². The lowest BCUT2D eigenvalue weighted by Crippen LogP contribution is -2.40. The first-order chi connectivity index (χ1) is 16.5. The minimum atomic E-state index is -0.320. The number of piperidine rings is 1. The zero-order valence-electron chi connectivity index (χ0n) is 19.2. The van der Waals surface area contributed by atoms with Gasteiger partial charge in [-0.1, -0.05) is 35.0 Å². The second-order valence-corrected chi connectivity index (χ2v) is 8.68. The lowest BCUT2D eigenvalue weighted by molar-refractivity contribution is 0.0704. The molecule has 9 heteroatoms.